The van der Waals surface area contributed by atoms with Gasteiger partial charge in [-0.2, -0.15) is 0 Å². The predicted molar refractivity (Wildman–Crippen MR) is 115 cm³/mol. The van der Waals surface area contributed by atoms with Gasteiger partial charge in [0.2, 0.25) is 11.9 Å². The van der Waals surface area contributed by atoms with Crippen LogP contribution < -0.4 is 5.32 Å². The minimum Gasteiger partial charge on any atom is -0.339 e. The zero-order valence-corrected chi connectivity index (χ0v) is 17.7. The van der Waals surface area contributed by atoms with E-state index >= 15 is 0 Å². The van der Waals surface area contributed by atoms with Crippen LogP contribution in [0.3, 0.4) is 0 Å². The Morgan fingerprint density at radius 3 is 2.72 bits per heavy atom. The average Bonchev–Trinajstić information content (AvgIpc) is 2.67. The van der Waals surface area contributed by atoms with Gasteiger partial charge in [0.25, 0.3) is 0 Å². The molecule has 0 spiro atoms. The molecule has 1 fully saturated rings. The summed E-state index contributed by atoms with van der Waals surface area (Å²) in [5.41, 5.74) is 2.83. The zero-order chi connectivity index (χ0) is 20.8. The van der Waals surface area contributed by atoms with Crippen LogP contribution >= 0.6 is 0 Å². The highest BCUT2D eigenvalue weighted by Gasteiger charge is 2.24. The highest BCUT2D eigenvalue weighted by molar-refractivity contribution is 5.87. The lowest BCUT2D eigenvalue weighted by atomic mass is 9.94. The van der Waals surface area contributed by atoms with Gasteiger partial charge in [-0.3, -0.25) is 4.79 Å². The summed E-state index contributed by atoms with van der Waals surface area (Å²) in [6.07, 6.45) is 5.61. The summed E-state index contributed by atoms with van der Waals surface area (Å²) in [5, 5.41) is 3.21. The van der Waals surface area contributed by atoms with Gasteiger partial charge in [-0.25, -0.2) is 15.0 Å². The largest absolute Gasteiger partial charge is 0.339 e. The summed E-state index contributed by atoms with van der Waals surface area (Å²) in [7, 11) is 3.98. The third-order valence-corrected chi connectivity index (χ3v) is 4.88. The van der Waals surface area contributed by atoms with E-state index in [1.54, 1.807) is 6.08 Å². The molecule has 0 radical (unpaired) electrons. The molecule has 29 heavy (non-hydrogen) atoms. The lowest BCUT2D eigenvalue weighted by molar-refractivity contribution is -0.127. The minimum atomic E-state index is 0.0782. The molecule has 1 unspecified atom stereocenters. The van der Waals surface area contributed by atoms with Crippen molar-refractivity contribution >= 4 is 17.7 Å². The van der Waals surface area contributed by atoms with Crippen molar-refractivity contribution in [1.82, 2.24) is 24.8 Å². The molecular weight excluding hydrogens is 364 g/mol. The fourth-order valence-corrected chi connectivity index (χ4v) is 3.53. The maximum absolute atomic E-state index is 12.5. The van der Waals surface area contributed by atoms with E-state index in [0.717, 1.165) is 48.8 Å². The maximum Gasteiger partial charge on any atom is 0.246 e. The molecule has 154 valence electrons. The number of hydrogen-bond donors (Lipinski definition) is 1. The Morgan fingerprint density at radius 2 is 2.00 bits per heavy atom. The smallest absolute Gasteiger partial charge is 0.246 e. The van der Waals surface area contributed by atoms with Gasteiger partial charge in [-0.05, 0) is 59.0 Å². The molecule has 2 aromatic rings. The second-order valence-electron chi connectivity index (χ2n) is 7.84. The molecule has 0 aliphatic carbocycles. The summed E-state index contributed by atoms with van der Waals surface area (Å²) < 4.78 is 0. The summed E-state index contributed by atoms with van der Waals surface area (Å²) in [6.45, 7) is 6.16. The molecule has 1 amide bonds. The van der Waals surface area contributed by atoms with E-state index in [1.807, 2.05) is 68.1 Å². The van der Waals surface area contributed by atoms with Crippen molar-refractivity contribution in [3.8, 4) is 0 Å². The summed E-state index contributed by atoms with van der Waals surface area (Å²) >= 11 is 0. The summed E-state index contributed by atoms with van der Waals surface area (Å²) in [6, 6.07) is 7.88. The van der Waals surface area contributed by atoms with E-state index < -0.39 is 0 Å². The molecule has 1 N–H and O–H groups in total. The number of rotatable bonds is 6. The first kappa shape index (κ1) is 20.9. The van der Waals surface area contributed by atoms with E-state index in [4.69, 9.17) is 4.98 Å². The fourth-order valence-electron chi connectivity index (χ4n) is 3.53. The van der Waals surface area contributed by atoms with E-state index in [-0.39, 0.29) is 11.8 Å². The van der Waals surface area contributed by atoms with Gasteiger partial charge >= 0.3 is 0 Å². The van der Waals surface area contributed by atoms with Crippen LogP contribution in [0.25, 0.3) is 0 Å². The van der Waals surface area contributed by atoms with Crippen molar-refractivity contribution in [2.45, 2.75) is 32.6 Å². The van der Waals surface area contributed by atoms with Crippen LogP contribution in [-0.2, 0) is 4.79 Å². The zero-order valence-electron chi connectivity index (χ0n) is 17.7. The molecule has 2 aromatic heterocycles. The van der Waals surface area contributed by atoms with Gasteiger partial charge in [0, 0.05) is 48.7 Å². The Balaban J connectivity index is 1.68. The molecular formula is C22H30N6O. The Labute approximate surface area is 172 Å². The second kappa shape index (κ2) is 9.60. The number of nitrogens with one attached hydrogen (secondary N) is 1. The first-order chi connectivity index (χ1) is 13.9. The molecule has 3 heterocycles. The average molecular weight is 395 g/mol. The normalized spacial score (nSPS) is 17.1. The number of piperidine rings is 1. The molecule has 3 rings (SSSR count). The summed E-state index contributed by atoms with van der Waals surface area (Å²) in [4.78, 5) is 30.1. The Kier molecular flexibility index (Phi) is 6.93. The Bertz CT molecular complexity index is 859. The van der Waals surface area contributed by atoms with Crippen molar-refractivity contribution in [3.63, 3.8) is 0 Å². The quantitative estimate of drug-likeness (QED) is 0.759. The topological polar surface area (TPSA) is 74.2 Å². The molecule has 7 nitrogen and oxygen atoms in total. The minimum absolute atomic E-state index is 0.0782. The van der Waals surface area contributed by atoms with Crippen LogP contribution in [0.4, 0.5) is 11.8 Å². The lowest BCUT2D eigenvalue weighted by Crippen LogP contribution is -2.38. The molecule has 1 aliphatic rings. The number of carbonyl (C=O) groups is 1. The van der Waals surface area contributed by atoms with Gasteiger partial charge in [-0.1, -0.05) is 12.1 Å². The third-order valence-electron chi connectivity index (χ3n) is 4.88. The lowest BCUT2D eigenvalue weighted by Gasteiger charge is -2.32. The van der Waals surface area contributed by atoms with Crippen molar-refractivity contribution in [2.75, 3.05) is 39.0 Å². The SMILES string of the molecule is Cc1cc(C)nc(Nc2cccc(C3CCCN(C(=O)/C=C/CN(C)C)C3)n2)n1. The Morgan fingerprint density at radius 1 is 1.24 bits per heavy atom. The maximum atomic E-state index is 12.5. The number of aromatic nitrogens is 3. The number of likely N-dealkylation sites (tertiary alicyclic amines) is 1. The van der Waals surface area contributed by atoms with Crippen molar-refractivity contribution in [1.29, 1.82) is 0 Å². The molecule has 1 aliphatic heterocycles. The number of carbonyl (C=O) groups excluding carboxylic acids is 1. The van der Waals surface area contributed by atoms with E-state index in [1.165, 1.54) is 0 Å². The van der Waals surface area contributed by atoms with Crippen LogP contribution in [0, 0.1) is 13.8 Å². The van der Waals surface area contributed by atoms with E-state index in [0.29, 0.717) is 12.5 Å². The van der Waals surface area contributed by atoms with Gasteiger partial charge in [0.05, 0.1) is 0 Å². The molecule has 0 aromatic carbocycles. The monoisotopic (exact) mass is 394 g/mol. The third kappa shape index (κ3) is 6.09. The van der Waals surface area contributed by atoms with E-state index in [9.17, 15) is 4.79 Å². The van der Waals surface area contributed by atoms with Crippen molar-refractivity contribution in [2.24, 2.45) is 0 Å². The van der Waals surface area contributed by atoms with Crippen LogP contribution in [0.5, 0.6) is 0 Å². The van der Waals surface area contributed by atoms with Crippen LogP contribution in [0.15, 0.2) is 36.4 Å². The van der Waals surface area contributed by atoms with Crippen molar-refractivity contribution in [3.05, 3.63) is 53.5 Å². The van der Waals surface area contributed by atoms with Gasteiger partial charge in [0.15, 0.2) is 0 Å². The van der Waals surface area contributed by atoms with Gasteiger partial charge < -0.3 is 15.1 Å². The number of anilines is 2. The standard InChI is InChI=1S/C22H30N6O/c1-16-14-17(2)24-22(23-16)26-20-10-5-9-19(25-20)18-8-6-13-28(15-18)21(29)11-7-12-27(3)4/h5,7,9-11,14,18H,6,8,12-13,15H2,1-4H3,(H,23,24,25,26)/b11-7+. The molecule has 0 bridgehead atoms. The number of aryl methyl sites for hydroxylation is 2. The number of amides is 1. The van der Waals surface area contributed by atoms with E-state index in [2.05, 4.69) is 15.3 Å². The van der Waals surface area contributed by atoms with Crippen LogP contribution in [0.1, 0.15) is 35.8 Å². The first-order valence-corrected chi connectivity index (χ1v) is 10.1. The number of pyridine rings is 1. The predicted octanol–water partition coefficient (Wildman–Crippen LogP) is 3.06. The van der Waals surface area contributed by atoms with Crippen LogP contribution in [0.2, 0.25) is 0 Å². The number of hydrogen-bond acceptors (Lipinski definition) is 6. The fraction of sp³-hybridized carbons (Fsp3) is 0.455. The number of likely N-dealkylation sites (N-methyl/N-ethyl adjacent to an activating group) is 1. The van der Waals surface area contributed by atoms with Gasteiger partial charge in [0.1, 0.15) is 5.82 Å². The molecule has 1 saturated heterocycles. The van der Waals surface area contributed by atoms with Gasteiger partial charge in [-0.15, -0.1) is 0 Å². The Hall–Kier alpha value is -2.80. The highest BCUT2D eigenvalue weighted by atomic mass is 16.2. The summed E-state index contributed by atoms with van der Waals surface area (Å²) in [5.74, 6) is 1.59. The second-order valence-corrected chi connectivity index (χ2v) is 7.84. The number of nitrogens with zero attached hydrogens (tertiary/aromatic N) is 5. The molecule has 0 saturated carbocycles. The first-order valence-electron chi connectivity index (χ1n) is 10.1. The highest BCUT2D eigenvalue weighted by Crippen LogP contribution is 2.27. The van der Waals surface area contributed by atoms with Crippen molar-refractivity contribution < 1.29 is 4.79 Å². The molecule has 1 atom stereocenters. The van der Waals surface area contributed by atoms with Crippen LogP contribution in [-0.4, -0.2) is 64.4 Å². The molecule has 7 heteroatoms.